The van der Waals surface area contributed by atoms with Crippen LogP contribution in [0.2, 0.25) is 0 Å². The predicted octanol–water partition coefficient (Wildman–Crippen LogP) is 2.46. The van der Waals surface area contributed by atoms with Crippen molar-refractivity contribution in [2.75, 3.05) is 0 Å². The van der Waals surface area contributed by atoms with Gasteiger partial charge in [0.1, 0.15) is 10.8 Å². The zero-order valence-electron chi connectivity index (χ0n) is 10.4. The smallest absolute Gasteiger partial charge is 0.251 e. The highest BCUT2D eigenvalue weighted by molar-refractivity contribution is 7.13. The molecule has 3 aromatic rings. The van der Waals surface area contributed by atoms with Gasteiger partial charge in [-0.15, -0.1) is 11.3 Å². The van der Waals surface area contributed by atoms with Gasteiger partial charge in [-0.1, -0.05) is 6.07 Å². The van der Waals surface area contributed by atoms with Crippen LogP contribution in [0.25, 0.3) is 22.9 Å². The third kappa shape index (κ3) is 2.86. The number of pyridine rings is 1. The largest absolute Gasteiger partial charge is 0.307 e. The van der Waals surface area contributed by atoms with Crippen molar-refractivity contribution in [2.45, 2.75) is 0 Å². The van der Waals surface area contributed by atoms with Gasteiger partial charge in [0.2, 0.25) is 0 Å². The van der Waals surface area contributed by atoms with Gasteiger partial charge in [0.05, 0.1) is 11.4 Å². The van der Waals surface area contributed by atoms with Crippen LogP contribution in [0, 0.1) is 0 Å². The summed E-state index contributed by atoms with van der Waals surface area (Å²) in [6.07, 6.45) is 6.74. The van der Waals surface area contributed by atoms with Crippen LogP contribution >= 0.6 is 11.3 Å². The predicted molar refractivity (Wildman–Crippen MR) is 79.1 cm³/mol. The fourth-order valence-corrected chi connectivity index (χ4v) is 2.37. The number of nitrogens with one attached hydrogen (secondary N) is 1. The lowest BCUT2D eigenvalue weighted by Crippen LogP contribution is -2.05. The van der Waals surface area contributed by atoms with E-state index in [1.165, 1.54) is 23.6 Å². The van der Waals surface area contributed by atoms with Gasteiger partial charge < -0.3 is 4.98 Å². The third-order valence-electron chi connectivity index (χ3n) is 2.51. The van der Waals surface area contributed by atoms with Gasteiger partial charge in [0, 0.05) is 23.8 Å². The molecule has 0 aliphatic heterocycles. The van der Waals surface area contributed by atoms with Crippen molar-refractivity contribution < 1.29 is 0 Å². The fraction of sp³-hybridized carbons (Fsp3) is 0. The molecule has 3 aromatic heterocycles. The van der Waals surface area contributed by atoms with E-state index in [1.54, 1.807) is 18.3 Å². The van der Waals surface area contributed by atoms with E-state index < -0.39 is 0 Å². The van der Waals surface area contributed by atoms with Gasteiger partial charge >= 0.3 is 0 Å². The van der Waals surface area contributed by atoms with E-state index in [0.717, 1.165) is 16.4 Å². The number of H-pyrrole nitrogens is 1. The fourth-order valence-electron chi connectivity index (χ4n) is 1.60. The molecular weight excluding hydrogens is 272 g/mol. The number of hydrogen-bond donors (Lipinski definition) is 1. The Balaban J connectivity index is 1.83. The summed E-state index contributed by atoms with van der Waals surface area (Å²) in [7, 11) is 0. The number of rotatable bonds is 3. The summed E-state index contributed by atoms with van der Waals surface area (Å²) in [6, 6.07) is 7.09. The minimum atomic E-state index is -0.174. The topological polar surface area (TPSA) is 71.5 Å². The van der Waals surface area contributed by atoms with Crippen molar-refractivity contribution in [3.63, 3.8) is 0 Å². The van der Waals surface area contributed by atoms with Gasteiger partial charge in [0.25, 0.3) is 5.56 Å². The van der Waals surface area contributed by atoms with Crippen molar-refractivity contribution in [2.24, 2.45) is 0 Å². The molecule has 0 saturated carbocycles. The molecule has 20 heavy (non-hydrogen) atoms. The van der Waals surface area contributed by atoms with Gasteiger partial charge in [-0.25, -0.2) is 9.97 Å². The normalized spacial score (nSPS) is 11.0. The Bertz CT molecular complexity index is 792. The molecule has 98 valence electrons. The van der Waals surface area contributed by atoms with Crippen molar-refractivity contribution >= 4 is 23.5 Å². The maximum atomic E-state index is 11.1. The van der Waals surface area contributed by atoms with E-state index in [4.69, 9.17) is 0 Å². The Morgan fingerprint density at radius 1 is 1.10 bits per heavy atom. The number of hydrogen-bond acceptors (Lipinski definition) is 5. The Labute approximate surface area is 118 Å². The molecule has 0 aliphatic carbocycles. The molecule has 6 heteroatoms. The molecule has 0 radical (unpaired) electrons. The third-order valence-corrected chi connectivity index (χ3v) is 3.39. The van der Waals surface area contributed by atoms with Gasteiger partial charge in [0.15, 0.2) is 0 Å². The van der Waals surface area contributed by atoms with Crippen molar-refractivity contribution in [1.82, 2.24) is 19.9 Å². The van der Waals surface area contributed by atoms with E-state index in [1.807, 2.05) is 23.6 Å². The average Bonchev–Trinajstić information content (AvgIpc) is 2.95. The highest BCUT2D eigenvalue weighted by Gasteiger charge is 2.03. The number of thiazole rings is 1. The second kappa shape index (κ2) is 5.58. The standard InChI is InChI=1S/C14H10N4OS/c19-13-6-8-16-12(18-13)5-4-10-9-20-14(17-10)11-3-1-2-7-15-11/h1-9H,(H,16,18,19)/b5-4+. The molecule has 0 fully saturated rings. The molecule has 5 nitrogen and oxygen atoms in total. The maximum Gasteiger partial charge on any atom is 0.251 e. The number of aromatic nitrogens is 4. The molecule has 0 aromatic carbocycles. The second-order valence-corrected chi connectivity index (χ2v) is 4.80. The van der Waals surface area contributed by atoms with Crippen LogP contribution in [0.4, 0.5) is 0 Å². The van der Waals surface area contributed by atoms with Crippen LogP contribution in [0.5, 0.6) is 0 Å². The highest BCUT2D eigenvalue weighted by atomic mass is 32.1. The Morgan fingerprint density at radius 3 is 2.85 bits per heavy atom. The first-order valence-electron chi connectivity index (χ1n) is 5.91. The highest BCUT2D eigenvalue weighted by Crippen LogP contribution is 2.22. The first-order chi connectivity index (χ1) is 9.81. The van der Waals surface area contributed by atoms with Gasteiger partial charge in [-0.05, 0) is 24.3 Å². The second-order valence-electron chi connectivity index (χ2n) is 3.95. The van der Waals surface area contributed by atoms with E-state index in [2.05, 4.69) is 19.9 Å². The summed E-state index contributed by atoms with van der Waals surface area (Å²) in [5, 5.41) is 2.79. The summed E-state index contributed by atoms with van der Waals surface area (Å²) in [5.41, 5.74) is 1.48. The Hall–Kier alpha value is -2.60. The van der Waals surface area contributed by atoms with Crippen LogP contribution in [-0.2, 0) is 0 Å². The molecule has 0 amide bonds. The number of nitrogens with zero attached hydrogens (tertiary/aromatic N) is 3. The van der Waals surface area contributed by atoms with E-state index in [0.29, 0.717) is 5.82 Å². The first-order valence-corrected chi connectivity index (χ1v) is 6.79. The molecule has 0 unspecified atom stereocenters. The molecular formula is C14H10N4OS. The molecule has 0 bridgehead atoms. The molecule has 3 heterocycles. The summed E-state index contributed by atoms with van der Waals surface area (Å²) in [4.78, 5) is 26.5. The van der Waals surface area contributed by atoms with Crippen LogP contribution in [0.3, 0.4) is 0 Å². The van der Waals surface area contributed by atoms with Crippen LogP contribution in [-0.4, -0.2) is 19.9 Å². The molecule has 0 atom stereocenters. The summed E-state index contributed by atoms with van der Waals surface area (Å²) in [5.74, 6) is 0.505. The van der Waals surface area contributed by atoms with Crippen LogP contribution in [0.1, 0.15) is 11.5 Å². The Kier molecular flexibility index (Phi) is 3.47. The zero-order valence-corrected chi connectivity index (χ0v) is 11.2. The lowest BCUT2D eigenvalue weighted by atomic mass is 10.3. The van der Waals surface area contributed by atoms with Crippen molar-refractivity contribution in [3.8, 4) is 10.7 Å². The van der Waals surface area contributed by atoms with Crippen molar-refractivity contribution in [3.05, 3.63) is 63.9 Å². The summed E-state index contributed by atoms with van der Waals surface area (Å²) in [6.45, 7) is 0. The van der Waals surface area contributed by atoms with E-state index in [-0.39, 0.29) is 5.56 Å². The maximum absolute atomic E-state index is 11.1. The zero-order chi connectivity index (χ0) is 13.8. The van der Waals surface area contributed by atoms with Crippen LogP contribution < -0.4 is 5.56 Å². The average molecular weight is 282 g/mol. The van der Waals surface area contributed by atoms with E-state index >= 15 is 0 Å². The quantitative estimate of drug-likeness (QED) is 0.801. The number of aromatic amines is 1. The molecule has 0 aliphatic rings. The molecule has 1 N–H and O–H groups in total. The first kappa shape index (κ1) is 12.4. The van der Waals surface area contributed by atoms with E-state index in [9.17, 15) is 4.79 Å². The lowest BCUT2D eigenvalue weighted by molar-refractivity contribution is 1.09. The van der Waals surface area contributed by atoms with Crippen molar-refractivity contribution in [1.29, 1.82) is 0 Å². The van der Waals surface area contributed by atoms with Gasteiger partial charge in [-0.3, -0.25) is 9.78 Å². The molecule has 0 spiro atoms. The summed E-state index contributed by atoms with van der Waals surface area (Å²) < 4.78 is 0. The van der Waals surface area contributed by atoms with Gasteiger partial charge in [-0.2, -0.15) is 0 Å². The Morgan fingerprint density at radius 2 is 2.05 bits per heavy atom. The molecule has 3 rings (SSSR count). The monoisotopic (exact) mass is 282 g/mol. The molecule has 0 saturated heterocycles. The minimum absolute atomic E-state index is 0.174. The summed E-state index contributed by atoms with van der Waals surface area (Å²) >= 11 is 1.52. The van der Waals surface area contributed by atoms with Crippen LogP contribution in [0.15, 0.2) is 46.8 Å². The lowest BCUT2D eigenvalue weighted by Gasteiger charge is -1.92. The minimum Gasteiger partial charge on any atom is -0.307 e. The SMILES string of the molecule is O=c1ccnc(/C=C/c2csc(-c3ccccn3)n2)[nH]1.